The number of hydrogen-bond donors (Lipinski definition) is 3. The van der Waals surface area contributed by atoms with Crippen molar-refractivity contribution >= 4 is 11.9 Å². The van der Waals surface area contributed by atoms with Gasteiger partial charge in [0.2, 0.25) is 0 Å². The minimum absolute atomic E-state index is 0.0363. The molecule has 0 spiro atoms. The monoisotopic (exact) mass is 462 g/mol. The maximum Gasteiger partial charge on any atom is 0.354 e. The molecule has 9 nitrogen and oxygen atoms in total. The number of aromatic carboxylic acids is 1. The van der Waals surface area contributed by atoms with Crippen molar-refractivity contribution in [2.24, 2.45) is 0 Å². The van der Waals surface area contributed by atoms with Crippen molar-refractivity contribution in [1.29, 1.82) is 5.26 Å². The van der Waals surface area contributed by atoms with Gasteiger partial charge in [0.1, 0.15) is 17.2 Å². The largest absolute Gasteiger partial charge is 0.496 e. The molecule has 3 aromatic rings. The number of methoxy groups -OCH3 is 2. The minimum Gasteiger partial charge on any atom is -0.496 e. The first-order chi connectivity index (χ1) is 16.3. The van der Waals surface area contributed by atoms with E-state index >= 15 is 0 Å². The summed E-state index contributed by atoms with van der Waals surface area (Å²) in [6.07, 6.45) is 0.210. The van der Waals surface area contributed by atoms with Crippen molar-refractivity contribution in [2.75, 3.05) is 20.8 Å². The number of nitrogens with zero attached hydrogens (tertiary/aromatic N) is 2. The van der Waals surface area contributed by atoms with Crippen LogP contribution >= 0.6 is 0 Å². The maximum absolute atomic E-state index is 12.6. The highest BCUT2D eigenvalue weighted by Crippen LogP contribution is 2.44. The zero-order valence-electron chi connectivity index (χ0n) is 19.4. The van der Waals surface area contributed by atoms with E-state index in [9.17, 15) is 14.7 Å². The molecule has 0 atom stereocenters. The van der Waals surface area contributed by atoms with E-state index in [0.29, 0.717) is 39.4 Å². The van der Waals surface area contributed by atoms with Gasteiger partial charge in [-0.1, -0.05) is 26.0 Å². The molecule has 0 aliphatic rings. The van der Waals surface area contributed by atoms with Gasteiger partial charge in [0.15, 0.2) is 5.69 Å². The molecular formula is C25H26N4O5. The summed E-state index contributed by atoms with van der Waals surface area (Å²) in [5.41, 5.74) is 2.97. The molecule has 0 fully saturated rings. The molecule has 0 bridgehead atoms. The van der Waals surface area contributed by atoms with Crippen LogP contribution in [-0.2, 0) is 0 Å². The van der Waals surface area contributed by atoms with Gasteiger partial charge in [-0.05, 0) is 41.3 Å². The molecule has 0 aliphatic carbocycles. The molecule has 0 saturated heterocycles. The first-order valence-corrected chi connectivity index (χ1v) is 10.7. The van der Waals surface area contributed by atoms with Crippen LogP contribution in [0.5, 0.6) is 11.5 Å². The summed E-state index contributed by atoms with van der Waals surface area (Å²) in [7, 11) is 3.03. The minimum atomic E-state index is -1.17. The number of nitriles is 1. The number of nitrogens with one attached hydrogen (secondary N) is 2. The Bertz CT molecular complexity index is 1230. The molecule has 1 aromatic heterocycles. The summed E-state index contributed by atoms with van der Waals surface area (Å²) in [5, 5.41) is 28.3. The van der Waals surface area contributed by atoms with Gasteiger partial charge in [-0.3, -0.25) is 9.89 Å². The second-order valence-electron chi connectivity index (χ2n) is 7.79. The Morgan fingerprint density at radius 3 is 2.38 bits per heavy atom. The molecule has 0 aliphatic heterocycles. The van der Waals surface area contributed by atoms with Crippen LogP contribution in [0.1, 0.15) is 52.6 Å². The average Bonchev–Trinajstić information content (AvgIpc) is 3.27. The van der Waals surface area contributed by atoms with Gasteiger partial charge in [-0.25, -0.2) is 4.79 Å². The van der Waals surface area contributed by atoms with E-state index in [1.807, 2.05) is 19.9 Å². The molecule has 1 heterocycles. The first-order valence-electron chi connectivity index (χ1n) is 10.7. The second-order valence-corrected chi connectivity index (χ2v) is 7.79. The second kappa shape index (κ2) is 10.5. The standard InChI is InChI=1S/C25H26N4O5/c1-14(2)17-13-15(24(30)27-12-6-11-26)9-10-16(17)20-22(28-29-23(20)25(31)32)21-18(33-3)7-5-8-19(21)34-4/h5,7-10,13-14H,6,12H2,1-4H3,(H,27,30)(H,28,29)(H,31,32). The van der Waals surface area contributed by atoms with Crippen molar-refractivity contribution in [3.63, 3.8) is 0 Å². The molecule has 3 N–H and O–H groups in total. The lowest BCUT2D eigenvalue weighted by Gasteiger charge is -2.17. The predicted octanol–water partition coefficient (Wildman–Crippen LogP) is 4.23. The van der Waals surface area contributed by atoms with Gasteiger partial charge in [-0.15, -0.1) is 0 Å². The van der Waals surface area contributed by atoms with Crippen LogP contribution in [0.3, 0.4) is 0 Å². The summed E-state index contributed by atoms with van der Waals surface area (Å²) in [5.74, 6) is -0.560. The van der Waals surface area contributed by atoms with Crippen LogP contribution in [0.15, 0.2) is 36.4 Å². The van der Waals surface area contributed by atoms with Crippen LogP contribution in [0.25, 0.3) is 22.4 Å². The van der Waals surface area contributed by atoms with E-state index in [0.717, 1.165) is 5.56 Å². The quantitative estimate of drug-likeness (QED) is 0.405. The highest BCUT2D eigenvalue weighted by Gasteiger charge is 2.28. The Kier molecular flexibility index (Phi) is 7.53. The number of amides is 1. The van der Waals surface area contributed by atoms with E-state index in [-0.39, 0.29) is 30.5 Å². The fourth-order valence-electron chi connectivity index (χ4n) is 3.77. The van der Waals surface area contributed by atoms with Crippen LogP contribution in [0, 0.1) is 11.3 Å². The number of aromatic nitrogens is 2. The maximum atomic E-state index is 12.6. The van der Waals surface area contributed by atoms with Gasteiger partial charge >= 0.3 is 5.97 Å². The Morgan fingerprint density at radius 2 is 1.82 bits per heavy atom. The van der Waals surface area contributed by atoms with Gasteiger partial charge < -0.3 is 19.9 Å². The van der Waals surface area contributed by atoms with Gasteiger partial charge in [-0.2, -0.15) is 10.4 Å². The van der Waals surface area contributed by atoms with Gasteiger partial charge in [0.05, 0.1) is 32.3 Å². The predicted molar refractivity (Wildman–Crippen MR) is 126 cm³/mol. The number of carbonyl (C=O) groups excluding carboxylic acids is 1. The van der Waals surface area contributed by atoms with Crippen molar-refractivity contribution in [3.05, 3.63) is 53.2 Å². The SMILES string of the molecule is COc1cccc(OC)c1-c1n[nH]c(C(=O)O)c1-c1ccc(C(=O)NCCC#N)cc1C(C)C. The molecule has 0 unspecified atom stereocenters. The Morgan fingerprint density at radius 1 is 1.15 bits per heavy atom. The Hall–Kier alpha value is -4.32. The first kappa shape index (κ1) is 24.3. The molecule has 176 valence electrons. The number of H-pyrrole nitrogens is 1. The van der Waals surface area contributed by atoms with E-state index in [1.54, 1.807) is 36.4 Å². The fourth-order valence-corrected chi connectivity index (χ4v) is 3.77. The average molecular weight is 463 g/mol. The molecule has 1 amide bonds. The summed E-state index contributed by atoms with van der Waals surface area (Å²) in [6.45, 7) is 4.16. The lowest BCUT2D eigenvalue weighted by Crippen LogP contribution is -2.24. The number of aromatic amines is 1. The van der Waals surface area contributed by atoms with Crippen molar-refractivity contribution in [1.82, 2.24) is 15.5 Å². The third kappa shape index (κ3) is 4.71. The summed E-state index contributed by atoms with van der Waals surface area (Å²) >= 11 is 0. The fraction of sp³-hybridized carbons (Fsp3) is 0.280. The number of carboxylic acids is 1. The number of carboxylic acid groups (broad SMARTS) is 1. The highest BCUT2D eigenvalue weighted by atomic mass is 16.5. The Balaban J connectivity index is 2.25. The molecule has 2 aromatic carbocycles. The van der Waals surface area contributed by atoms with E-state index in [2.05, 4.69) is 15.5 Å². The lowest BCUT2D eigenvalue weighted by atomic mass is 9.88. The zero-order chi connectivity index (χ0) is 24.8. The number of hydrogen-bond acceptors (Lipinski definition) is 6. The van der Waals surface area contributed by atoms with Crippen LogP contribution in [0.4, 0.5) is 0 Å². The van der Waals surface area contributed by atoms with Crippen molar-refractivity contribution in [2.45, 2.75) is 26.2 Å². The van der Waals surface area contributed by atoms with Crippen LogP contribution in [-0.4, -0.2) is 47.9 Å². The molecule has 34 heavy (non-hydrogen) atoms. The van der Waals surface area contributed by atoms with Gasteiger partial charge in [0.25, 0.3) is 5.91 Å². The smallest absolute Gasteiger partial charge is 0.354 e. The van der Waals surface area contributed by atoms with Gasteiger partial charge in [0, 0.05) is 17.7 Å². The van der Waals surface area contributed by atoms with Crippen molar-refractivity contribution < 1.29 is 24.2 Å². The molecule has 3 rings (SSSR count). The number of rotatable bonds is 9. The molecule has 9 heteroatoms. The third-order valence-electron chi connectivity index (χ3n) is 5.37. The molecular weight excluding hydrogens is 436 g/mol. The van der Waals surface area contributed by atoms with E-state index in [4.69, 9.17) is 14.7 Å². The lowest BCUT2D eigenvalue weighted by molar-refractivity contribution is 0.0691. The number of benzene rings is 2. The summed E-state index contributed by atoms with van der Waals surface area (Å²) in [6, 6.07) is 12.3. The topological polar surface area (TPSA) is 137 Å². The zero-order valence-corrected chi connectivity index (χ0v) is 19.4. The molecule has 0 radical (unpaired) electrons. The number of ether oxygens (including phenoxy) is 2. The van der Waals surface area contributed by atoms with Crippen molar-refractivity contribution in [3.8, 4) is 40.0 Å². The van der Waals surface area contributed by atoms with Crippen LogP contribution < -0.4 is 14.8 Å². The van der Waals surface area contributed by atoms with E-state index in [1.165, 1.54) is 14.2 Å². The Labute approximate surface area is 197 Å². The normalized spacial score (nSPS) is 10.6. The van der Waals surface area contributed by atoms with E-state index < -0.39 is 5.97 Å². The summed E-state index contributed by atoms with van der Waals surface area (Å²) in [4.78, 5) is 24.7. The third-order valence-corrected chi connectivity index (χ3v) is 5.37. The van der Waals surface area contributed by atoms with Crippen LogP contribution in [0.2, 0.25) is 0 Å². The summed E-state index contributed by atoms with van der Waals surface area (Å²) < 4.78 is 11.0. The highest BCUT2D eigenvalue weighted by molar-refractivity contribution is 6.02. The number of carbonyl (C=O) groups is 2. The molecule has 0 saturated carbocycles.